The number of carbonyl (C=O) groups excluding carboxylic acids is 2. The van der Waals surface area contributed by atoms with E-state index in [4.69, 9.17) is 4.42 Å². The molecule has 1 aliphatic rings. The number of furan rings is 1. The fraction of sp³-hybridized carbons (Fsp3) is 0.238. The van der Waals surface area contributed by atoms with E-state index in [2.05, 4.69) is 5.32 Å². The number of amides is 2. The lowest BCUT2D eigenvalue weighted by Crippen LogP contribution is -2.26. The zero-order chi connectivity index (χ0) is 18.1. The Kier molecular flexibility index (Phi) is 4.21. The maximum absolute atomic E-state index is 12.6. The van der Waals surface area contributed by atoms with E-state index < -0.39 is 0 Å². The van der Waals surface area contributed by atoms with E-state index in [9.17, 15) is 9.59 Å². The van der Waals surface area contributed by atoms with Crippen LogP contribution in [-0.4, -0.2) is 29.8 Å². The van der Waals surface area contributed by atoms with Gasteiger partial charge in [0.15, 0.2) is 5.76 Å². The molecule has 0 atom stereocenters. The summed E-state index contributed by atoms with van der Waals surface area (Å²) in [5.41, 5.74) is 2.31. The summed E-state index contributed by atoms with van der Waals surface area (Å²) in [6.07, 6.45) is 2.14. The molecule has 26 heavy (non-hydrogen) atoms. The molecule has 5 heteroatoms. The minimum absolute atomic E-state index is 0.0363. The van der Waals surface area contributed by atoms with Gasteiger partial charge in [0.25, 0.3) is 11.8 Å². The van der Waals surface area contributed by atoms with Gasteiger partial charge in [0.2, 0.25) is 0 Å². The number of hydrogen-bond donors (Lipinski definition) is 1. The second kappa shape index (κ2) is 6.67. The second-order valence-electron chi connectivity index (χ2n) is 6.75. The Labute approximate surface area is 151 Å². The Morgan fingerprint density at radius 2 is 1.85 bits per heavy atom. The average molecular weight is 348 g/mol. The van der Waals surface area contributed by atoms with Gasteiger partial charge in [-0.2, -0.15) is 0 Å². The monoisotopic (exact) mass is 348 g/mol. The largest absolute Gasteiger partial charge is 0.451 e. The van der Waals surface area contributed by atoms with Crippen molar-refractivity contribution in [3.8, 4) is 0 Å². The van der Waals surface area contributed by atoms with Crippen LogP contribution in [-0.2, 0) is 6.54 Å². The zero-order valence-corrected chi connectivity index (χ0v) is 14.6. The summed E-state index contributed by atoms with van der Waals surface area (Å²) < 4.78 is 5.64. The Hall–Kier alpha value is -3.08. The van der Waals surface area contributed by atoms with E-state index in [1.54, 1.807) is 30.1 Å². The molecule has 4 rings (SSSR count). The number of benzene rings is 2. The van der Waals surface area contributed by atoms with E-state index in [1.807, 2.05) is 36.4 Å². The number of carbonyl (C=O) groups is 2. The number of nitrogens with zero attached hydrogens (tertiary/aromatic N) is 1. The lowest BCUT2D eigenvalue weighted by molar-refractivity contribution is 0.0755. The van der Waals surface area contributed by atoms with Crippen LogP contribution in [0, 0.1) is 0 Å². The quantitative estimate of drug-likeness (QED) is 0.766. The summed E-state index contributed by atoms with van der Waals surface area (Å²) >= 11 is 0. The molecule has 0 unspecified atom stereocenters. The second-order valence-corrected chi connectivity index (χ2v) is 6.75. The van der Waals surface area contributed by atoms with Gasteiger partial charge in [0.05, 0.1) is 0 Å². The van der Waals surface area contributed by atoms with Crippen LogP contribution < -0.4 is 5.32 Å². The molecule has 2 aromatic carbocycles. The molecule has 1 saturated carbocycles. The summed E-state index contributed by atoms with van der Waals surface area (Å²) in [6.45, 7) is 0.445. The standard InChI is InChI=1S/C21H20N2O3/c1-23(21(25)19-12-16-4-2-3-5-18(16)26-19)13-14-6-8-15(9-7-14)20(24)22-17-10-11-17/h2-9,12,17H,10-11,13H2,1H3,(H,22,24). The Morgan fingerprint density at radius 1 is 1.12 bits per heavy atom. The van der Waals surface area contributed by atoms with Crippen molar-refractivity contribution in [2.45, 2.75) is 25.4 Å². The van der Waals surface area contributed by atoms with E-state index in [-0.39, 0.29) is 11.8 Å². The SMILES string of the molecule is CN(Cc1ccc(C(=O)NC2CC2)cc1)C(=O)c1cc2ccccc2o1. The van der Waals surface area contributed by atoms with Crippen molar-refractivity contribution in [2.24, 2.45) is 0 Å². The van der Waals surface area contributed by atoms with Crippen LogP contribution in [0.4, 0.5) is 0 Å². The predicted octanol–water partition coefficient (Wildman–Crippen LogP) is 3.60. The van der Waals surface area contributed by atoms with Gasteiger partial charge in [-0.1, -0.05) is 30.3 Å². The summed E-state index contributed by atoms with van der Waals surface area (Å²) in [4.78, 5) is 26.2. The lowest BCUT2D eigenvalue weighted by Gasteiger charge is -2.16. The van der Waals surface area contributed by atoms with Crippen molar-refractivity contribution >= 4 is 22.8 Å². The van der Waals surface area contributed by atoms with Gasteiger partial charge in [0, 0.05) is 30.6 Å². The maximum Gasteiger partial charge on any atom is 0.289 e. The third-order valence-corrected chi connectivity index (χ3v) is 4.53. The molecule has 0 bridgehead atoms. The van der Waals surface area contributed by atoms with Gasteiger partial charge in [-0.15, -0.1) is 0 Å². The highest BCUT2D eigenvalue weighted by atomic mass is 16.3. The maximum atomic E-state index is 12.6. The van der Waals surface area contributed by atoms with Gasteiger partial charge in [-0.25, -0.2) is 0 Å². The molecular formula is C21H20N2O3. The number of para-hydroxylation sites is 1. The molecule has 1 aliphatic carbocycles. The fourth-order valence-corrected chi connectivity index (χ4v) is 2.88. The number of fused-ring (bicyclic) bond motifs is 1. The molecule has 0 saturated heterocycles. The van der Waals surface area contributed by atoms with Crippen molar-refractivity contribution in [3.05, 3.63) is 71.5 Å². The van der Waals surface area contributed by atoms with Crippen molar-refractivity contribution in [1.82, 2.24) is 10.2 Å². The first kappa shape index (κ1) is 16.4. The Bertz CT molecular complexity index is 922. The van der Waals surface area contributed by atoms with Crippen LogP contribution >= 0.6 is 0 Å². The third kappa shape index (κ3) is 3.47. The van der Waals surface area contributed by atoms with Gasteiger partial charge < -0.3 is 14.6 Å². The van der Waals surface area contributed by atoms with Crippen LogP contribution in [0.1, 0.15) is 39.3 Å². The fourth-order valence-electron chi connectivity index (χ4n) is 2.88. The van der Waals surface area contributed by atoms with Gasteiger partial charge in [-0.3, -0.25) is 9.59 Å². The molecular weight excluding hydrogens is 328 g/mol. The zero-order valence-electron chi connectivity index (χ0n) is 14.6. The molecule has 0 radical (unpaired) electrons. The van der Waals surface area contributed by atoms with Crippen molar-refractivity contribution < 1.29 is 14.0 Å². The Balaban J connectivity index is 1.42. The van der Waals surface area contributed by atoms with Crippen LogP contribution in [0.5, 0.6) is 0 Å². The summed E-state index contributed by atoms with van der Waals surface area (Å²) in [5, 5.41) is 3.88. The first-order valence-corrected chi connectivity index (χ1v) is 8.74. The van der Waals surface area contributed by atoms with E-state index in [1.165, 1.54) is 0 Å². The average Bonchev–Trinajstić information content (AvgIpc) is 3.36. The molecule has 1 heterocycles. The number of hydrogen-bond acceptors (Lipinski definition) is 3. The molecule has 0 spiro atoms. The predicted molar refractivity (Wildman–Crippen MR) is 98.9 cm³/mol. The van der Waals surface area contributed by atoms with Crippen molar-refractivity contribution in [1.29, 1.82) is 0 Å². The summed E-state index contributed by atoms with van der Waals surface area (Å²) in [5.74, 6) is 0.122. The minimum atomic E-state index is -0.170. The third-order valence-electron chi connectivity index (χ3n) is 4.53. The summed E-state index contributed by atoms with van der Waals surface area (Å²) in [6, 6.07) is 17.0. The van der Waals surface area contributed by atoms with Crippen LogP contribution in [0.2, 0.25) is 0 Å². The molecule has 1 fully saturated rings. The molecule has 2 amide bonds. The Morgan fingerprint density at radius 3 is 2.54 bits per heavy atom. The van der Waals surface area contributed by atoms with Crippen LogP contribution in [0.25, 0.3) is 11.0 Å². The molecule has 0 aliphatic heterocycles. The summed E-state index contributed by atoms with van der Waals surface area (Å²) in [7, 11) is 1.74. The highest BCUT2D eigenvalue weighted by Crippen LogP contribution is 2.21. The first-order valence-electron chi connectivity index (χ1n) is 8.74. The molecule has 3 aromatic rings. The van der Waals surface area contributed by atoms with Crippen molar-refractivity contribution in [3.63, 3.8) is 0 Å². The van der Waals surface area contributed by atoms with Gasteiger partial charge in [-0.05, 0) is 42.7 Å². The van der Waals surface area contributed by atoms with Crippen LogP contribution in [0.15, 0.2) is 59.0 Å². The van der Waals surface area contributed by atoms with Gasteiger partial charge >= 0.3 is 0 Å². The first-order chi connectivity index (χ1) is 12.6. The normalized spacial score (nSPS) is 13.6. The molecule has 132 valence electrons. The topological polar surface area (TPSA) is 62.6 Å². The number of nitrogens with one attached hydrogen (secondary N) is 1. The van der Waals surface area contributed by atoms with Gasteiger partial charge in [0.1, 0.15) is 5.58 Å². The minimum Gasteiger partial charge on any atom is -0.451 e. The number of rotatable bonds is 5. The smallest absolute Gasteiger partial charge is 0.289 e. The lowest BCUT2D eigenvalue weighted by atomic mass is 10.1. The molecule has 1 aromatic heterocycles. The molecule has 1 N–H and O–H groups in total. The van der Waals surface area contributed by atoms with E-state index >= 15 is 0 Å². The van der Waals surface area contributed by atoms with Crippen LogP contribution in [0.3, 0.4) is 0 Å². The van der Waals surface area contributed by atoms with E-state index in [0.717, 1.165) is 23.8 Å². The molecule has 5 nitrogen and oxygen atoms in total. The highest BCUT2D eigenvalue weighted by Gasteiger charge is 2.23. The highest BCUT2D eigenvalue weighted by molar-refractivity contribution is 5.96. The van der Waals surface area contributed by atoms with E-state index in [0.29, 0.717) is 29.5 Å². The van der Waals surface area contributed by atoms with Crippen molar-refractivity contribution in [2.75, 3.05) is 7.05 Å².